The summed E-state index contributed by atoms with van der Waals surface area (Å²) in [5, 5.41) is 13.7. The van der Waals surface area contributed by atoms with Crippen molar-refractivity contribution < 1.29 is 5.11 Å². The predicted octanol–water partition coefficient (Wildman–Crippen LogP) is 3.47. The third kappa shape index (κ3) is 4.05. The molecule has 1 aliphatic carbocycles. The molecule has 0 amide bonds. The SMILES string of the molecule is Cc1cc(C(C)(C)C)ccc1C(O)CCNC1CC1. The lowest BCUT2D eigenvalue weighted by molar-refractivity contribution is 0.166. The fourth-order valence-corrected chi connectivity index (χ4v) is 2.38. The number of aryl methyl sites for hydroxylation is 1. The summed E-state index contributed by atoms with van der Waals surface area (Å²) in [6, 6.07) is 7.18. The van der Waals surface area contributed by atoms with Crippen LogP contribution in [-0.2, 0) is 5.41 Å². The van der Waals surface area contributed by atoms with E-state index >= 15 is 0 Å². The normalized spacial score (nSPS) is 17.5. The molecular weight excluding hydrogens is 234 g/mol. The first kappa shape index (κ1) is 14.5. The highest BCUT2D eigenvalue weighted by molar-refractivity contribution is 5.35. The summed E-state index contributed by atoms with van der Waals surface area (Å²) >= 11 is 0. The van der Waals surface area contributed by atoms with Gasteiger partial charge in [-0.2, -0.15) is 0 Å². The fraction of sp³-hybridized carbons (Fsp3) is 0.647. The fourth-order valence-electron chi connectivity index (χ4n) is 2.38. The molecule has 1 unspecified atom stereocenters. The molecule has 2 heteroatoms. The molecule has 1 aliphatic rings. The minimum Gasteiger partial charge on any atom is -0.388 e. The van der Waals surface area contributed by atoms with Gasteiger partial charge in [-0.15, -0.1) is 0 Å². The van der Waals surface area contributed by atoms with Crippen molar-refractivity contribution >= 4 is 0 Å². The second-order valence-corrected chi connectivity index (χ2v) is 6.85. The third-order valence-electron chi connectivity index (χ3n) is 3.92. The molecule has 2 nitrogen and oxygen atoms in total. The summed E-state index contributed by atoms with van der Waals surface area (Å²) < 4.78 is 0. The number of rotatable bonds is 5. The lowest BCUT2D eigenvalue weighted by Gasteiger charge is -2.22. The van der Waals surface area contributed by atoms with Gasteiger partial charge < -0.3 is 10.4 Å². The monoisotopic (exact) mass is 261 g/mol. The Morgan fingerprint density at radius 1 is 1.32 bits per heavy atom. The van der Waals surface area contributed by atoms with Crippen LogP contribution in [0.5, 0.6) is 0 Å². The van der Waals surface area contributed by atoms with E-state index in [0.717, 1.165) is 24.6 Å². The van der Waals surface area contributed by atoms with Crippen LogP contribution in [0.4, 0.5) is 0 Å². The molecular formula is C17H27NO. The maximum Gasteiger partial charge on any atom is 0.0804 e. The Kier molecular flexibility index (Phi) is 4.32. The summed E-state index contributed by atoms with van der Waals surface area (Å²) in [7, 11) is 0. The van der Waals surface area contributed by atoms with E-state index in [9.17, 15) is 5.11 Å². The van der Waals surface area contributed by atoms with Crippen LogP contribution >= 0.6 is 0 Å². The average molecular weight is 261 g/mol. The predicted molar refractivity (Wildman–Crippen MR) is 80.5 cm³/mol. The van der Waals surface area contributed by atoms with E-state index in [0.29, 0.717) is 0 Å². The van der Waals surface area contributed by atoms with Crippen LogP contribution in [0.25, 0.3) is 0 Å². The Hall–Kier alpha value is -0.860. The molecule has 0 saturated heterocycles. The van der Waals surface area contributed by atoms with Crippen molar-refractivity contribution in [2.24, 2.45) is 0 Å². The van der Waals surface area contributed by atoms with Crippen LogP contribution in [0.15, 0.2) is 18.2 Å². The van der Waals surface area contributed by atoms with Crippen LogP contribution in [0.2, 0.25) is 0 Å². The number of hydrogen-bond donors (Lipinski definition) is 2. The van der Waals surface area contributed by atoms with Crippen molar-refractivity contribution in [3.8, 4) is 0 Å². The van der Waals surface area contributed by atoms with Crippen LogP contribution in [-0.4, -0.2) is 17.7 Å². The van der Waals surface area contributed by atoms with Crippen LogP contribution < -0.4 is 5.32 Å². The number of hydrogen-bond acceptors (Lipinski definition) is 2. The van der Waals surface area contributed by atoms with Gasteiger partial charge >= 0.3 is 0 Å². The van der Waals surface area contributed by atoms with E-state index < -0.39 is 0 Å². The number of benzene rings is 1. The Labute approximate surface area is 117 Å². The van der Waals surface area contributed by atoms with Crippen molar-refractivity contribution in [1.82, 2.24) is 5.32 Å². The maximum absolute atomic E-state index is 10.3. The Balaban J connectivity index is 1.98. The minimum absolute atomic E-state index is 0.168. The Morgan fingerprint density at radius 2 is 2.00 bits per heavy atom. The minimum atomic E-state index is -0.347. The van der Waals surface area contributed by atoms with Gasteiger partial charge in [0.1, 0.15) is 0 Å². The molecule has 19 heavy (non-hydrogen) atoms. The highest BCUT2D eigenvalue weighted by Gasteiger charge is 2.21. The Morgan fingerprint density at radius 3 is 2.53 bits per heavy atom. The highest BCUT2D eigenvalue weighted by atomic mass is 16.3. The average Bonchev–Trinajstić information content (AvgIpc) is 3.11. The number of aliphatic hydroxyl groups excluding tert-OH is 1. The smallest absolute Gasteiger partial charge is 0.0804 e. The summed E-state index contributed by atoms with van der Waals surface area (Å²) in [5.41, 5.74) is 3.77. The Bertz CT molecular complexity index is 429. The molecule has 1 aromatic carbocycles. The lowest BCUT2D eigenvalue weighted by Crippen LogP contribution is -2.20. The van der Waals surface area contributed by atoms with E-state index in [1.54, 1.807) is 0 Å². The van der Waals surface area contributed by atoms with Gasteiger partial charge in [0, 0.05) is 6.04 Å². The van der Waals surface area contributed by atoms with Gasteiger partial charge in [0.25, 0.3) is 0 Å². The van der Waals surface area contributed by atoms with E-state index in [1.807, 2.05) is 0 Å². The van der Waals surface area contributed by atoms with Gasteiger partial charge in [-0.25, -0.2) is 0 Å². The molecule has 0 radical (unpaired) electrons. The molecule has 1 aromatic rings. The molecule has 106 valence electrons. The molecule has 1 atom stereocenters. The van der Waals surface area contributed by atoms with E-state index in [2.05, 4.69) is 51.2 Å². The zero-order chi connectivity index (χ0) is 14.0. The summed E-state index contributed by atoms with van der Waals surface area (Å²) in [4.78, 5) is 0. The van der Waals surface area contributed by atoms with Crippen molar-refractivity contribution in [3.63, 3.8) is 0 Å². The molecule has 0 bridgehead atoms. The van der Waals surface area contributed by atoms with Crippen molar-refractivity contribution in [1.29, 1.82) is 0 Å². The molecule has 0 aliphatic heterocycles. The van der Waals surface area contributed by atoms with Crippen molar-refractivity contribution in [2.75, 3.05) is 6.54 Å². The second kappa shape index (κ2) is 5.64. The molecule has 0 heterocycles. The van der Waals surface area contributed by atoms with E-state index in [4.69, 9.17) is 0 Å². The summed E-state index contributed by atoms with van der Waals surface area (Å²) in [6.45, 7) is 9.67. The first-order valence-corrected chi connectivity index (χ1v) is 7.40. The van der Waals surface area contributed by atoms with Gasteiger partial charge in [-0.3, -0.25) is 0 Å². The largest absolute Gasteiger partial charge is 0.388 e. The topological polar surface area (TPSA) is 32.3 Å². The van der Waals surface area contributed by atoms with Gasteiger partial charge in [0.2, 0.25) is 0 Å². The molecule has 1 fully saturated rings. The van der Waals surface area contributed by atoms with Crippen LogP contribution in [0.1, 0.15) is 62.8 Å². The van der Waals surface area contributed by atoms with Gasteiger partial charge in [-0.05, 0) is 54.8 Å². The van der Waals surface area contributed by atoms with E-state index in [1.165, 1.54) is 24.0 Å². The first-order chi connectivity index (χ1) is 8.88. The van der Waals surface area contributed by atoms with Gasteiger partial charge in [-0.1, -0.05) is 39.0 Å². The first-order valence-electron chi connectivity index (χ1n) is 7.40. The maximum atomic E-state index is 10.3. The molecule has 0 spiro atoms. The van der Waals surface area contributed by atoms with Crippen LogP contribution in [0, 0.1) is 6.92 Å². The van der Waals surface area contributed by atoms with Crippen LogP contribution in [0.3, 0.4) is 0 Å². The lowest BCUT2D eigenvalue weighted by atomic mass is 9.84. The highest BCUT2D eigenvalue weighted by Crippen LogP contribution is 2.28. The number of nitrogens with one attached hydrogen (secondary N) is 1. The third-order valence-corrected chi connectivity index (χ3v) is 3.92. The van der Waals surface area contributed by atoms with Gasteiger partial charge in [0.15, 0.2) is 0 Å². The zero-order valence-electron chi connectivity index (χ0n) is 12.7. The van der Waals surface area contributed by atoms with Crippen molar-refractivity contribution in [3.05, 3.63) is 34.9 Å². The summed E-state index contributed by atoms with van der Waals surface area (Å²) in [6.07, 6.45) is 3.05. The van der Waals surface area contributed by atoms with E-state index in [-0.39, 0.29) is 11.5 Å². The zero-order valence-corrected chi connectivity index (χ0v) is 12.7. The molecule has 2 N–H and O–H groups in total. The second-order valence-electron chi connectivity index (χ2n) is 6.85. The molecule has 1 saturated carbocycles. The standard InChI is InChI=1S/C17H27NO/c1-12-11-13(17(2,3)4)5-8-15(12)16(19)9-10-18-14-6-7-14/h5,8,11,14,16,18-19H,6-7,9-10H2,1-4H3. The van der Waals surface area contributed by atoms with Gasteiger partial charge in [0.05, 0.1) is 6.10 Å². The quantitative estimate of drug-likeness (QED) is 0.850. The molecule has 0 aromatic heterocycles. The summed E-state index contributed by atoms with van der Waals surface area (Å²) in [5.74, 6) is 0. The molecule has 2 rings (SSSR count). The van der Waals surface area contributed by atoms with Crippen molar-refractivity contribution in [2.45, 2.75) is 64.5 Å². The number of aliphatic hydroxyl groups is 1.